The molecule has 1 aliphatic rings. The predicted octanol–water partition coefficient (Wildman–Crippen LogP) is 3.61. The topological polar surface area (TPSA) is 32.8 Å². The highest BCUT2D eigenvalue weighted by atomic mass is 19.1. The van der Waals surface area contributed by atoms with Gasteiger partial charge in [0.2, 0.25) is 0 Å². The quantitative estimate of drug-likeness (QED) is 0.779. The summed E-state index contributed by atoms with van der Waals surface area (Å²) in [5.74, 6) is -0.460. The molecule has 5 heteroatoms. The van der Waals surface area contributed by atoms with Crippen molar-refractivity contribution >= 4 is 5.91 Å². The van der Waals surface area contributed by atoms with Gasteiger partial charge in [-0.3, -0.25) is 4.79 Å². The maximum Gasteiger partial charge on any atom is 0.254 e. The summed E-state index contributed by atoms with van der Waals surface area (Å²) < 4.78 is 18.9. The Kier molecular flexibility index (Phi) is 6.45. The lowest BCUT2D eigenvalue weighted by atomic mass is 10.0. The Morgan fingerprint density at radius 1 is 1.26 bits per heavy atom. The van der Waals surface area contributed by atoms with Crippen LogP contribution in [0.5, 0.6) is 5.75 Å². The van der Waals surface area contributed by atoms with E-state index in [9.17, 15) is 9.18 Å². The van der Waals surface area contributed by atoms with Gasteiger partial charge in [-0.2, -0.15) is 0 Å². The third kappa shape index (κ3) is 4.86. The van der Waals surface area contributed by atoms with Crippen molar-refractivity contribution in [2.75, 3.05) is 33.8 Å². The minimum atomic E-state index is -0.503. The summed E-state index contributed by atoms with van der Waals surface area (Å²) in [6, 6.07) is 15.2. The maximum atomic E-state index is 13.9. The number of nitrogens with zero attached hydrogens (tertiary/aromatic N) is 2. The fourth-order valence-corrected chi connectivity index (χ4v) is 3.61. The van der Waals surface area contributed by atoms with Crippen molar-refractivity contribution in [2.45, 2.75) is 25.3 Å². The number of likely N-dealkylation sites (N-methyl/N-ethyl adjacent to an activating group) is 1. The normalized spacial score (nSPS) is 17.2. The molecule has 2 aromatic rings. The van der Waals surface area contributed by atoms with Crippen LogP contribution in [0.15, 0.2) is 48.5 Å². The Hall–Kier alpha value is -2.40. The zero-order valence-electron chi connectivity index (χ0n) is 16.0. The Balaban J connectivity index is 1.59. The summed E-state index contributed by atoms with van der Waals surface area (Å²) in [7, 11) is 3.54. The molecule has 1 atom stereocenters. The SMILES string of the molecule is COc1ccc(C(=O)N2CCCC(N(C)CCc3ccccc3)C2)cc1F. The van der Waals surface area contributed by atoms with E-state index in [1.807, 2.05) is 11.0 Å². The molecule has 1 heterocycles. The van der Waals surface area contributed by atoms with Crippen LogP contribution in [0.4, 0.5) is 4.39 Å². The van der Waals surface area contributed by atoms with Gasteiger partial charge in [-0.05, 0) is 50.1 Å². The first-order valence-electron chi connectivity index (χ1n) is 9.45. The maximum absolute atomic E-state index is 13.9. The zero-order valence-corrected chi connectivity index (χ0v) is 16.0. The van der Waals surface area contributed by atoms with Crippen LogP contribution < -0.4 is 4.74 Å². The first kappa shape index (κ1) is 19.4. The molecule has 0 bridgehead atoms. The van der Waals surface area contributed by atoms with E-state index in [0.29, 0.717) is 18.2 Å². The van der Waals surface area contributed by atoms with E-state index in [-0.39, 0.29) is 11.7 Å². The molecule has 0 N–H and O–H groups in total. The van der Waals surface area contributed by atoms with E-state index < -0.39 is 5.82 Å². The average Bonchev–Trinajstić information content (AvgIpc) is 2.72. The van der Waals surface area contributed by atoms with Crippen molar-refractivity contribution in [3.05, 3.63) is 65.5 Å². The molecule has 1 fully saturated rings. The number of halogens is 1. The molecule has 0 aromatic heterocycles. The second-order valence-electron chi connectivity index (χ2n) is 7.11. The van der Waals surface area contributed by atoms with Crippen molar-refractivity contribution in [3.63, 3.8) is 0 Å². The van der Waals surface area contributed by atoms with Gasteiger partial charge in [0, 0.05) is 31.2 Å². The third-order valence-electron chi connectivity index (χ3n) is 5.30. The minimum absolute atomic E-state index is 0.113. The number of carbonyl (C=O) groups is 1. The van der Waals surface area contributed by atoms with E-state index in [2.05, 4.69) is 36.2 Å². The fourth-order valence-electron chi connectivity index (χ4n) is 3.61. The molecule has 1 amide bonds. The number of ether oxygens (including phenoxy) is 1. The minimum Gasteiger partial charge on any atom is -0.494 e. The summed E-state index contributed by atoms with van der Waals surface area (Å²) in [6.45, 7) is 2.35. The van der Waals surface area contributed by atoms with E-state index in [1.165, 1.54) is 24.8 Å². The lowest BCUT2D eigenvalue weighted by Crippen LogP contribution is -2.49. The van der Waals surface area contributed by atoms with Crippen LogP contribution in [0.25, 0.3) is 0 Å². The molecule has 3 rings (SSSR count). The highest BCUT2D eigenvalue weighted by Gasteiger charge is 2.27. The van der Waals surface area contributed by atoms with Crippen molar-refractivity contribution in [2.24, 2.45) is 0 Å². The lowest BCUT2D eigenvalue weighted by molar-refractivity contribution is 0.0611. The standard InChI is InChI=1S/C22H27FN2O2/c1-24(14-12-17-7-4-3-5-8-17)19-9-6-13-25(16-19)22(26)18-10-11-21(27-2)20(23)15-18/h3-5,7-8,10-11,15,19H,6,9,12-14,16H2,1-2H3. The van der Waals surface area contributed by atoms with Crippen LogP contribution in [0.2, 0.25) is 0 Å². The first-order valence-corrected chi connectivity index (χ1v) is 9.45. The number of piperidine rings is 1. The van der Waals surface area contributed by atoms with E-state index in [4.69, 9.17) is 4.74 Å². The molecule has 1 unspecified atom stereocenters. The first-order chi connectivity index (χ1) is 13.1. The van der Waals surface area contributed by atoms with Crippen LogP contribution in [0, 0.1) is 5.82 Å². The van der Waals surface area contributed by atoms with Crippen LogP contribution in [0.3, 0.4) is 0 Å². The zero-order chi connectivity index (χ0) is 19.2. The summed E-state index contributed by atoms with van der Waals surface area (Å²) in [5.41, 5.74) is 1.70. The van der Waals surface area contributed by atoms with Crippen molar-refractivity contribution < 1.29 is 13.9 Å². The molecular weight excluding hydrogens is 343 g/mol. The Morgan fingerprint density at radius 2 is 2.04 bits per heavy atom. The number of hydrogen-bond donors (Lipinski definition) is 0. The number of likely N-dealkylation sites (tertiary alicyclic amines) is 1. The third-order valence-corrected chi connectivity index (χ3v) is 5.30. The average molecular weight is 370 g/mol. The smallest absolute Gasteiger partial charge is 0.254 e. The number of rotatable bonds is 6. The van der Waals surface area contributed by atoms with Gasteiger partial charge >= 0.3 is 0 Å². The molecule has 27 heavy (non-hydrogen) atoms. The van der Waals surface area contributed by atoms with Gasteiger partial charge in [-0.1, -0.05) is 30.3 Å². The van der Waals surface area contributed by atoms with Crippen molar-refractivity contribution in [3.8, 4) is 5.75 Å². The van der Waals surface area contributed by atoms with E-state index >= 15 is 0 Å². The second-order valence-corrected chi connectivity index (χ2v) is 7.11. The summed E-state index contributed by atoms with van der Waals surface area (Å²) in [4.78, 5) is 17.0. The molecule has 1 aliphatic heterocycles. The van der Waals surface area contributed by atoms with Crippen molar-refractivity contribution in [1.82, 2.24) is 9.80 Å². The Morgan fingerprint density at radius 3 is 2.74 bits per heavy atom. The fraction of sp³-hybridized carbons (Fsp3) is 0.409. The highest BCUT2D eigenvalue weighted by Crippen LogP contribution is 2.21. The van der Waals surface area contributed by atoms with Crippen LogP contribution in [-0.2, 0) is 6.42 Å². The molecule has 0 spiro atoms. The van der Waals surface area contributed by atoms with Gasteiger partial charge in [-0.15, -0.1) is 0 Å². The molecule has 144 valence electrons. The Bertz CT molecular complexity index is 766. The summed E-state index contributed by atoms with van der Waals surface area (Å²) >= 11 is 0. The number of hydrogen-bond acceptors (Lipinski definition) is 3. The largest absolute Gasteiger partial charge is 0.494 e. The molecule has 2 aromatic carbocycles. The summed E-state index contributed by atoms with van der Waals surface area (Å²) in [5, 5.41) is 0. The molecule has 0 aliphatic carbocycles. The molecule has 4 nitrogen and oxygen atoms in total. The van der Waals surface area contributed by atoms with Gasteiger partial charge in [-0.25, -0.2) is 4.39 Å². The number of amides is 1. The van der Waals surface area contributed by atoms with Gasteiger partial charge < -0.3 is 14.5 Å². The summed E-state index contributed by atoms with van der Waals surface area (Å²) in [6.07, 6.45) is 3.03. The molecular formula is C22H27FN2O2. The highest BCUT2D eigenvalue weighted by molar-refractivity contribution is 5.94. The van der Waals surface area contributed by atoms with E-state index in [1.54, 1.807) is 6.07 Å². The molecule has 1 saturated heterocycles. The van der Waals surface area contributed by atoms with Crippen LogP contribution in [-0.4, -0.2) is 55.5 Å². The Labute approximate surface area is 160 Å². The van der Waals surface area contributed by atoms with Crippen molar-refractivity contribution in [1.29, 1.82) is 0 Å². The monoisotopic (exact) mass is 370 g/mol. The van der Waals surface area contributed by atoms with Gasteiger partial charge in [0.1, 0.15) is 0 Å². The number of methoxy groups -OCH3 is 1. The van der Waals surface area contributed by atoms with Gasteiger partial charge in [0.15, 0.2) is 11.6 Å². The molecule has 0 radical (unpaired) electrons. The van der Waals surface area contributed by atoms with Crippen LogP contribution >= 0.6 is 0 Å². The van der Waals surface area contributed by atoms with E-state index in [0.717, 1.165) is 32.4 Å². The van der Waals surface area contributed by atoms with Crippen LogP contribution in [0.1, 0.15) is 28.8 Å². The number of benzene rings is 2. The molecule has 0 saturated carbocycles. The lowest BCUT2D eigenvalue weighted by Gasteiger charge is -2.37. The number of carbonyl (C=O) groups excluding carboxylic acids is 1. The predicted molar refractivity (Wildman–Crippen MR) is 105 cm³/mol. The van der Waals surface area contributed by atoms with Gasteiger partial charge in [0.25, 0.3) is 5.91 Å². The van der Waals surface area contributed by atoms with Gasteiger partial charge in [0.05, 0.1) is 7.11 Å². The second kappa shape index (κ2) is 9.00.